The Balaban J connectivity index is 2.07. The van der Waals surface area contributed by atoms with Gasteiger partial charge in [-0.05, 0) is 87.2 Å². The first-order chi connectivity index (χ1) is 16.2. The minimum absolute atomic E-state index is 0.0928. The van der Waals surface area contributed by atoms with Crippen LogP contribution in [0.5, 0.6) is 0 Å². The molecule has 3 aliphatic rings. The van der Waals surface area contributed by atoms with Crippen molar-refractivity contribution in [3.8, 4) is 0 Å². The number of hydrogen-bond donors (Lipinski definition) is 3. The summed E-state index contributed by atoms with van der Waals surface area (Å²) in [7, 11) is 0. The van der Waals surface area contributed by atoms with Gasteiger partial charge in [-0.2, -0.15) is 0 Å². The highest BCUT2D eigenvalue weighted by molar-refractivity contribution is 5.71. The molecule has 5 nitrogen and oxygen atoms in total. The standard InChI is InChI=1S/C30H44O5/c1-18(2)9-8-10-20(27(34)35)26-24(31)17-30(7)23-12-11-21(19(3)4)28(5,15-14-25(32)33)22(23)13-16-29(26,30)6/h9,12-13,20-21,24,26,31H,3,8,10-11,14-17H2,1-2,4-7H3,(H,32,33)(H,34,35)/t20-,21?,24?,26+,28+,29-,30+/m1/s1. The highest BCUT2D eigenvalue weighted by Crippen LogP contribution is 2.70. The second-order valence-corrected chi connectivity index (χ2v) is 12.2. The average molecular weight is 485 g/mol. The van der Waals surface area contributed by atoms with Gasteiger partial charge in [-0.15, -0.1) is 0 Å². The fourth-order valence-corrected chi connectivity index (χ4v) is 7.77. The number of carboxylic acids is 2. The lowest BCUT2D eigenvalue weighted by Crippen LogP contribution is -2.48. The summed E-state index contributed by atoms with van der Waals surface area (Å²) in [5.74, 6) is -2.44. The first-order valence-corrected chi connectivity index (χ1v) is 13.0. The summed E-state index contributed by atoms with van der Waals surface area (Å²) in [5, 5.41) is 31.1. The van der Waals surface area contributed by atoms with Gasteiger partial charge in [0.15, 0.2) is 0 Å². The van der Waals surface area contributed by atoms with Crippen molar-refractivity contribution in [1.29, 1.82) is 0 Å². The van der Waals surface area contributed by atoms with Crippen molar-refractivity contribution in [2.45, 2.75) is 92.6 Å². The van der Waals surface area contributed by atoms with Gasteiger partial charge in [-0.1, -0.05) is 56.7 Å². The number of aliphatic hydroxyl groups is 1. The molecule has 0 aromatic rings. The number of fused-ring (bicyclic) bond motifs is 3. The van der Waals surface area contributed by atoms with Gasteiger partial charge >= 0.3 is 11.9 Å². The van der Waals surface area contributed by atoms with E-state index >= 15 is 0 Å². The molecule has 5 heteroatoms. The predicted molar refractivity (Wildman–Crippen MR) is 139 cm³/mol. The first-order valence-electron chi connectivity index (χ1n) is 13.0. The lowest BCUT2D eigenvalue weighted by Gasteiger charge is -2.56. The number of hydrogen-bond acceptors (Lipinski definition) is 3. The Labute approximate surface area is 210 Å². The van der Waals surface area contributed by atoms with Crippen molar-refractivity contribution < 1.29 is 24.9 Å². The van der Waals surface area contributed by atoms with E-state index in [0.717, 1.165) is 12.0 Å². The largest absolute Gasteiger partial charge is 0.481 e. The normalized spacial score (nSPS) is 36.8. The summed E-state index contributed by atoms with van der Waals surface area (Å²) in [6.45, 7) is 16.8. The number of aliphatic carboxylic acids is 2. The van der Waals surface area contributed by atoms with Crippen LogP contribution in [0.3, 0.4) is 0 Å². The molecule has 3 N–H and O–H groups in total. The summed E-state index contributed by atoms with van der Waals surface area (Å²) >= 11 is 0. The number of carbonyl (C=O) groups is 2. The van der Waals surface area contributed by atoms with Crippen molar-refractivity contribution in [3.63, 3.8) is 0 Å². The van der Waals surface area contributed by atoms with Crippen molar-refractivity contribution in [3.05, 3.63) is 47.1 Å². The molecule has 0 spiro atoms. The van der Waals surface area contributed by atoms with E-state index in [9.17, 15) is 24.9 Å². The Bertz CT molecular complexity index is 983. The minimum Gasteiger partial charge on any atom is -0.481 e. The lowest BCUT2D eigenvalue weighted by molar-refractivity contribution is -0.148. The van der Waals surface area contributed by atoms with E-state index in [-0.39, 0.29) is 29.1 Å². The van der Waals surface area contributed by atoms with E-state index in [1.54, 1.807) is 0 Å². The molecule has 0 radical (unpaired) electrons. The van der Waals surface area contributed by atoms with Crippen molar-refractivity contribution in [1.82, 2.24) is 0 Å². The molecule has 0 saturated heterocycles. The van der Waals surface area contributed by atoms with Crippen LogP contribution >= 0.6 is 0 Å². The molecule has 0 aromatic carbocycles. The summed E-state index contributed by atoms with van der Waals surface area (Å²) in [5.41, 5.74) is 3.46. The Morgan fingerprint density at radius 1 is 1.14 bits per heavy atom. The van der Waals surface area contributed by atoms with Crippen LogP contribution in [-0.2, 0) is 9.59 Å². The third kappa shape index (κ3) is 4.57. The highest BCUT2D eigenvalue weighted by Gasteiger charge is 2.65. The van der Waals surface area contributed by atoms with Crippen LogP contribution < -0.4 is 0 Å². The van der Waals surface area contributed by atoms with Crippen molar-refractivity contribution >= 4 is 11.9 Å². The molecule has 0 aliphatic heterocycles. The van der Waals surface area contributed by atoms with Crippen LogP contribution in [0.15, 0.2) is 47.1 Å². The molecule has 0 aromatic heterocycles. The molecule has 1 saturated carbocycles. The van der Waals surface area contributed by atoms with Gasteiger partial charge in [0.05, 0.1) is 12.0 Å². The first kappa shape index (κ1) is 27.4. The van der Waals surface area contributed by atoms with Gasteiger partial charge < -0.3 is 15.3 Å². The SMILES string of the molecule is C=C(C)C1CC=C2C(=CC[C@]3(C)[C@@H]([C@@H](CCC=C(C)C)C(=O)O)C(O)C[C@@]23C)[C@@]1(C)CCC(=O)O. The summed E-state index contributed by atoms with van der Waals surface area (Å²) in [4.78, 5) is 24.0. The zero-order valence-electron chi connectivity index (χ0n) is 22.4. The molecule has 2 unspecified atom stereocenters. The highest BCUT2D eigenvalue weighted by atomic mass is 16.4. The molecule has 194 valence electrons. The van der Waals surface area contributed by atoms with Gasteiger partial charge in [0.2, 0.25) is 0 Å². The van der Waals surface area contributed by atoms with Crippen LogP contribution in [0.4, 0.5) is 0 Å². The number of aliphatic hydroxyl groups excluding tert-OH is 1. The second kappa shape index (κ2) is 9.72. The molecule has 0 heterocycles. The molecular weight excluding hydrogens is 440 g/mol. The van der Waals surface area contributed by atoms with Crippen molar-refractivity contribution in [2.24, 2.45) is 34.0 Å². The van der Waals surface area contributed by atoms with Gasteiger partial charge in [0.25, 0.3) is 0 Å². The monoisotopic (exact) mass is 484 g/mol. The Kier molecular flexibility index (Phi) is 7.63. The quantitative estimate of drug-likeness (QED) is 0.323. The molecule has 1 fully saturated rings. The molecule has 3 rings (SSSR count). The topological polar surface area (TPSA) is 94.8 Å². The van der Waals surface area contributed by atoms with E-state index in [4.69, 9.17) is 0 Å². The van der Waals surface area contributed by atoms with Crippen molar-refractivity contribution in [2.75, 3.05) is 0 Å². The fourth-order valence-electron chi connectivity index (χ4n) is 7.77. The second-order valence-electron chi connectivity index (χ2n) is 12.2. The zero-order valence-corrected chi connectivity index (χ0v) is 22.4. The smallest absolute Gasteiger partial charge is 0.306 e. The molecule has 3 aliphatic carbocycles. The third-order valence-corrected chi connectivity index (χ3v) is 9.82. The fraction of sp³-hybridized carbons (Fsp3) is 0.667. The van der Waals surface area contributed by atoms with Crippen LogP contribution in [0.1, 0.15) is 86.5 Å². The maximum Gasteiger partial charge on any atom is 0.306 e. The van der Waals surface area contributed by atoms with Gasteiger partial charge in [0.1, 0.15) is 0 Å². The van der Waals surface area contributed by atoms with Crippen LogP contribution in [0.25, 0.3) is 0 Å². The van der Waals surface area contributed by atoms with E-state index in [0.29, 0.717) is 32.1 Å². The maximum atomic E-state index is 12.5. The number of rotatable bonds is 9. The Hall–Kier alpha value is -2.14. The van der Waals surface area contributed by atoms with Crippen LogP contribution in [-0.4, -0.2) is 33.4 Å². The lowest BCUT2D eigenvalue weighted by atomic mass is 9.48. The molecule has 0 bridgehead atoms. The zero-order chi connectivity index (χ0) is 26.3. The van der Waals surface area contributed by atoms with Gasteiger partial charge in [-0.25, -0.2) is 0 Å². The van der Waals surface area contributed by atoms with Crippen LogP contribution in [0.2, 0.25) is 0 Å². The Morgan fingerprint density at radius 3 is 2.34 bits per heavy atom. The predicted octanol–water partition coefficient (Wildman–Crippen LogP) is 6.55. The van der Waals surface area contributed by atoms with E-state index < -0.39 is 29.4 Å². The Morgan fingerprint density at radius 2 is 1.80 bits per heavy atom. The van der Waals surface area contributed by atoms with Gasteiger partial charge in [0, 0.05) is 17.8 Å². The molecular formula is C30H44O5. The molecule has 35 heavy (non-hydrogen) atoms. The summed E-state index contributed by atoms with van der Waals surface area (Å²) in [6.07, 6.45) is 9.70. The van der Waals surface area contributed by atoms with Gasteiger partial charge in [-0.3, -0.25) is 9.59 Å². The van der Waals surface area contributed by atoms with E-state index in [1.165, 1.54) is 16.7 Å². The number of carboxylic acid groups (broad SMARTS) is 2. The average Bonchev–Trinajstić information content (AvgIpc) is 2.95. The van der Waals surface area contributed by atoms with Crippen LogP contribution in [0, 0.1) is 34.0 Å². The third-order valence-electron chi connectivity index (χ3n) is 9.82. The molecule has 7 atom stereocenters. The minimum atomic E-state index is -0.831. The maximum absolute atomic E-state index is 12.5. The summed E-state index contributed by atoms with van der Waals surface area (Å²) in [6, 6.07) is 0. The number of allylic oxidation sites excluding steroid dienone is 7. The molecule has 0 amide bonds. The van der Waals surface area contributed by atoms with E-state index in [1.807, 2.05) is 20.8 Å². The summed E-state index contributed by atoms with van der Waals surface area (Å²) < 4.78 is 0. The van der Waals surface area contributed by atoms with E-state index in [2.05, 4.69) is 45.6 Å².